The third kappa shape index (κ3) is 6.60. The summed E-state index contributed by atoms with van der Waals surface area (Å²) in [5, 5.41) is 2.32. The molecular formula is C55H44N4OPt. The Kier molecular flexibility index (Phi) is 9.31. The van der Waals surface area contributed by atoms with E-state index in [4.69, 9.17) is 9.72 Å². The van der Waals surface area contributed by atoms with Gasteiger partial charge in [-0.15, -0.1) is 0 Å². The summed E-state index contributed by atoms with van der Waals surface area (Å²) in [4.78, 5) is 5.10. The van der Waals surface area contributed by atoms with Crippen LogP contribution in [-0.2, 0) is 45.0 Å². The van der Waals surface area contributed by atoms with E-state index in [9.17, 15) is 0 Å². The minimum absolute atomic E-state index is 0.768. The Morgan fingerprint density at radius 2 is 1.25 bits per heavy atom. The molecule has 0 radical (unpaired) electrons. The van der Waals surface area contributed by atoms with E-state index >= 15 is 0 Å². The molecule has 10 aromatic rings. The van der Waals surface area contributed by atoms with Crippen LogP contribution in [0.25, 0.3) is 61.1 Å². The van der Waals surface area contributed by atoms with Crippen molar-refractivity contribution in [3.05, 3.63) is 207 Å². The number of ether oxygens (including phenoxy) is 1. The molecule has 2 aliphatic carbocycles. The zero-order valence-corrected chi connectivity index (χ0v) is 36.7. The van der Waals surface area contributed by atoms with Crippen LogP contribution in [0.4, 0.5) is 0 Å². The fourth-order valence-electron chi connectivity index (χ4n) is 9.40. The Hall–Kier alpha value is -6.55. The van der Waals surface area contributed by atoms with E-state index in [1.807, 2.05) is 12.3 Å². The summed E-state index contributed by atoms with van der Waals surface area (Å²) < 4.78 is 15.0. The minimum Gasteiger partial charge on any atom is -0.0622 e. The first-order chi connectivity index (χ1) is 29.9. The Morgan fingerprint density at radius 1 is 0.541 bits per heavy atom. The van der Waals surface area contributed by atoms with Gasteiger partial charge >= 0.3 is 261 Å². The van der Waals surface area contributed by atoms with Crippen LogP contribution in [-0.4, -0.2) is 18.5 Å². The molecule has 4 bridgehead atoms. The predicted octanol–water partition coefficient (Wildman–Crippen LogP) is 13.2. The van der Waals surface area contributed by atoms with Crippen LogP contribution in [0.1, 0.15) is 39.1 Å². The summed E-state index contributed by atoms with van der Waals surface area (Å²) in [6.45, 7) is 6.76. The molecule has 4 aromatic heterocycles. The van der Waals surface area contributed by atoms with E-state index in [2.05, 4.69) is 205 Å². The van der Waals surface area contributed by atoms with Crippen molar-refractivity contribution in [1.29, 1.82) is 0 Å². The Morgan fingerprint density at radius 3 is 2.02 bits per heavy atom. The summed E-state index contributed by atoms with van der Waals surface area (Å²) in [7, 11) is 0. The Bertz CT molecular complexity index is 3390. The van der Waals surface area contributed by atoms with Crippen molar-refractivity contribution in [3.8, 4) is 45.3 Å². The van der Waals surface area contributed by atoms with Gasteiger partial charge in [-0.25, -0.2) is 0 Å². The molecule has 0 amide bonds. The number of rotatable bonds is 6. The molecule has 0 saturated heterocycles. The molecule has 0 saturated carbocycles. The fraction of sp³-hybridized carbons (Fsp3) is 0.127. The number of hydrogen-bond donors (Lipinski definition) is 0. The molecule has 6 heterocycles. The van der Waals surface area contributed by atoms with Gasteiger partial charge in [0.05, 0.1) is 0 Å². The van der Waals surface area contributed by atoms with Crippen LogP contribution in [0.5, 0.6) is 11.5 Å². The number of fused-ring (bicyclic) bond motifs is 3. The second-order valence-electron chi connectivity index (χ2n) is 16.4. The van der Waals surface area contributed by atoms with Crippen molar-refractivity contribution >= 4 is 27.3 Å². The van der Waals surface area contributed by atoms with Gasteiger partial charge in [0.25, 0.3) is 0 Å². The maximum atomic E-state index is 6.78. The van der Waals surface area contributed by atoms with Crippen LogP contribution in [0.15, 0.2) is 164 Å². The molecular weight excluding hydrogens is 928 g/mol. The molecule has 0 spiro atoms. The van der Waals surface area contributed by atoms with Crippen molar-refractivity contribution in [1.82, 2.24) is 18.5 Å². The smallest absolute Gasteiger partial charge is 0.0622 e. The number of pyridine rings is 2. The van der Waals surface area contributed by atoms with Crippen molar-refractivity contribution in [2.45, 2.75) is 46.5 Å². The fourth-order valence-corrected chi connectivity index (χ4v) is 10.4. The molecule has 5 nitrogen and oxygen atoms in total. The summed E-state index contributed by atoms with van der Waals surface area (Å²) >= 11 is 2.51. The molecule has 14 rings (SSSR count). The summed E-state index contributed by atoms with van der Waals surface area (Å²) in [6, 6.07) is 54.4. The zero-order chi connectivity index (χ0) is 41.2. The van der Waals surface area contributed by atoms with E-state index < -0.39 is 0 Å². The molecule has 2 aliphatic heterocycles. The van der Waals surface area contributed by atoms with Gasteiger partial charge in [0, 0.05) is 11.8 Å². The second kappa shape index (κ2) is 15.2. The van der Waals surface area contributed by atoms with Crippen LogP contribution >= 0.6 is 0 Å². The van der Waals surface area contributed by atoms with Gasteiger partial charge in [0.2, 0.25) is 0 Å². The van der Waals surface area contributed by atoms with Gasteiger partial charge in [-0.1, -0.05) is 66.7 Å². The molecule has 6 aromatic carbocycles. The van der Waals surface area contributed by atoms with Crippen molar-refractivity contribution in [3.63, 3.8) is 0 Å². The number of hydrogen-bond acceptors (Lipinski definition) is 2. The van der Waals surface area contributed by atoms with Crippen LogP contribution in [0, 0.1) is 24.6 Å². The van der Waals surface area contributed by atoms with Crippen LogP contribution in [0.2, 0.25) is 0 Å². The first kappa shape index (κ1) is 37.4. The van der Waals surface area contributed by atoms with Crippen molar-refractivity contribution in [2.24, 2.45) is 0 Å². The third-order valence-corrected chi connectivity index (χ3v) is 13.9. The average Bonchev–Trinajstić information content (AvgIpc) is 3.81. The molecule has 4 aliphatic rings. The summed E-state index contributed by atoms with van der Waals surface area (Å²) in [5.41, 5.74) is 18.8. The molecule has 61 heavy (non-hydrogen) atoms. The van der Waals surface area contributed by atoms with E-state index in [1.54, 1.807) is 0 Å². The summed E-state index contributed by atoms with van der Waals surface area (Å²) in [6.07, 6.45) is 8.34. The van der Waals surface area contributed by atoms with Gasteiger partial charge in [-0.05, 0) is 29.2 Å². The topological polar surface area (TPSA) is 36.4 Å². The molecule has 0 N–H and O–H groups in total. The van der Waals surface area contributed by atoms with Gasteiger partial charge in [-0.3, -0.25) is 0 Å². The van der Waals surface area contributed by atoms with Crippen LogP contribution < -0.4 is 4.74 Å². The number of aromatic nitrogens is 4. The van der Waals surface area contributed by atoms with Gasteiger partial charge in [-0.2, -0.15) is 0 Å². The van der Waals surface area contributed by atoms with E-state index in [1.165, 1.54) is 61.1 Å². The predicted molar refractivity (Wildman–Crippen MR) is 245 cm³/mol. The van der Waals surface area contributed by atoms with Gasteiger partial charge < -0.3 is 0 Å². The molecule has 0 atom stereocenters. The molecule has 0 fully saturated rings. The Labute approximate surface area is 366 Å². The van der Waals surface area contributed by atoms with Gasteiger partial charge in [0.15, 0.2) is 0 Å². The van der Waals surface area contributed by atoms with Crippen molar-refractivity contribution in [2.75, 3.05) is 0 Å². The number of imidazole rings is 1. The van der Waals surface area contributed by atoms with Crippen LogP contribution in [0.3, 0.4) is 0 Å². The molecule has 300 valence electrons. The van der Waals surface area contributed by atoms with Crippen molar-refractivity contribution < 1.29 is 24.1 Å². The maximum absolute atomic E-state index is 6.78. The Balaban J connectivity index is 0.986. The number of aryl methyl sites for hydroxylation is 5. The molecule has 6 heteroatoms. The number of benzene rings is 6. The normalized spacial score (nSPS) is 12.7. The number of nitrogens with zero attached hydrogens (tertiary/aromatic N) is 4. The SMILES string of the molecule is Cc1cc(-n2c3ccc(-c4ccccc4)cc3c3ccc(Oc4cccc(-n5cc6c7ccc(n6[c]5=[Pt])CCc5ccc(c(C)c5C)CC7)c4)cc32)ncc1-c1ccccc1. The minimum atomic E-state index is 0.768. The second-order valence-corrected chi connectivity index (χ2v) is 17.4. The third-order valence-electron chi connectivity index (χ3n) is 12.9. The van der Waals surface area contributed by atoms with E-state index in [-0.39, 0.29) is 0 Å². The monoisotopic (exact) mass is 971 g/mol. The first-order valence-corrected chi connectivity index (χ1v) is 22.2. The molecule has 0 unspecified atom stereocenters. The quantitative estimate of drug-likeness (QED) is 0.166. The van der Waals surface area contributed by atoms with E-state index in [0.717, 1.165) is 80.0 Å². The van der Waals surface area contributed by atoms with E-state index in [0.29, 0.717) is 0 Å². The first-order valence-electron chi connectivity index (χ1n) is 21.1. The summed E-state index contributed by atoms with van der Waals surface area (Å²) in [5.74, 6) is 2.42. The zero-order valence-electron chi connectivity index (χ0n) is 34.4. The average molecular weight is 972 g/mol. The van der Waals surface area contributed by atoms with Gasteiger partial charge in [0.1, 0.15) is 0 Å². The standard InChI is InChI=1S/C55H44N4O.Pt/c1-36-29-55(56-33-51(36)42-13-8-5-9-14-42)59-52-28-23-44(41-11-6-4-7-12-41)30-50(52)49-27-26-48(32-53(49)59)60-47-16-10-15-46(31-47)57-34-54-43-20-19-39-17-18-40(38(3)37(39)2)21-24-45(25-22-43)58(54)35-57;/h4-18,22-23,25-34H,19-21,24H2,1-3H3;.